The van der Waals surface area contributed by atoms with Crippen molar-refractivity contribution in [1.82, 2.24) is 24.9 Å². The first kappa shape index (κ1) is 17.0. The molecule has 0 bridgehead atoms. The third-order valence-electron chi connectivity index (χ3n) is 3.96. The van der Waals surface area contributed by atoms with E-state index in [1.807, 2.05) is 30.3 Å². The van der Waals surface area contributed by atoms with Crippen LogP contribution in [0.4, 0.5) is 11.5 Å². The average molecular weight is 424 g/mol. The molecule has 4 aromatic rings. The predicted octanol–water partition coefficient (Wildman–Crippen LogP) is 2.92. The van der Waals surface area contributed by atoms with E-state index in [1.165, 1.54) is 6.33 Å². The molecule has 0 aliphatic rings. The number of amides is 1. The SMILES string of the molecule is Nc1c(NNC(=O)c2ccccc2Br)ncnc1-n1cnc2ccccc21. The largest absolute Gasteiger partial charge is 0.393 e. The fourth-order valence-electron chi connectivity index (χ4n) is 2.63. The number of aromatic nitrogens is 4. The zero-order chi connectivity index (χ0) is 18.8. The highest BCUT2D eigenvalue weighted by Gasteiger charge is 2.14. The van der Waals surface area contributed by atoms with Crippen molar-refractivity contribution in [2.75, 3.05) is 11.2 Å². The number of fused-ring (bicyclic) bond motifs is 1. The number of carbonyl (C=O) groups excluding carboxylic acids is 1. The van der Waals surface area contributed by atoms with Crippen LogP contribution >= 0.6 is 15.9 Å². The molecule has 134 valence electrons. The molecule has 9 heteroatoms. The smallest absolute Gasteiger partial charge is 0.270 e. The lowest BCUT2D eigenvalue weighted by molar-refractivity contribution is 0.0961. The first-order valence-electron chi connectivity index (χ1n) is 7.99. The molecule has 0 unspecified atom stereocenters. The van der Waals surface area contributed by atoms with Crippen molar-refractivity contribution in [3.05, 3.63) is 71.2 Å². The van der Waals surface area contributed by atoms with Crippen molar-refractivity contribution in [3.63, 3.8) is 0 Å². The number of hydrogen-bond acceptors (Lipinski definition) is 6. The molecule has 0 saturated carbocycles. The van der Waals surface area contributed by atoms with Crippen LogP contribution in [0.3, 0.4) is 0 Å². The Kier molecular flexibility index (Phi) is 4.43. The Morgan fingerprint density at radius 3 is 2.67 bits per heavy atom. The third-order valence-corrected chi connectivity index (χ3v) is 4.65. The highest BCUT2D eigenvalue weighted by atomic mass is 79.9. The third kappa shape index (κ3) is 3.20. The maximum atomic E-state index is 12.3. The fourth-order valence-corrected chi connectivity index (χ4v) is 3.10. The summed E-state index contributed by atoms with van der Waals surface area (Å²) in [6.45, 7) is 0. The number of carbonyl (C=O) groups is 1. The molecule has 4 rings (SSSR count). The zero-order valence-corrected chi connectivity index (χ0v) is 15.5. The fraction of sp³-hybridized carbons (Fsp3) is 0. The van der Waals surface area contributed by atoms with E-state index in [9.17, 15) is 4.79 Å². The van der Waals surface area contributed by atoms with Gasteiger partial charge >= 0.3 is 0 Å². The van der Waals surface area contributed by atoms with E-state index in [0.29, 0.717) is 15.9 Å². The van der Waals surface area contributed by atoms with Gasteiger partial charge in [0.1, 0.15) is 18.3 Å². The molecule has 27 heavy (non-hydrogen) atoms. The number of nitrogens with zero attached hydrogens (tertiary/aromatic N) is 4. The molecule has 0 aliphatic carbocycles. The van der Waals surface area contributed by atoms with Crippen LogP contribution in [0.25, 0.3) is 16.9 Å². The lowest BCUT2D eigenvalue weighted by atomic mass is 10.2. The summed E-state index contributed by atoms with van der Waals surface area (Å²) < 4.78 is 2.46. The highest BCUT2D eigenvalue weighted by molar-refractivity contribution is 9.10. The molecular weight excluding hydrogens is 410 g/mol. The second-order valence-corrected chi connectivity index (χ2v) is 6.48. The van der Waals surface area contributed by atoms with Crippen LogP contribution in [-0.4, -0.2) is 25.4 Å². The first-order chi connectivity index (χ1) is 13.1. The molecular formula is C18H14BrN7O. The van der Waals surface area contributed by atoms with E-state index in [1.54, 1.807) is 29.1 Å². The van der Waals surface area contributed by atoms with Crippen molar-refractivity contribution in [1.29, 1.82) is 0 Å². The van der Waals surface area contributed by atoms with Gasteiger partial charge in [0.25, 0.3) is 5.91 Å². The summed E-state index contributed by atoms with van der Waals surface area (Å²) >= 11 is 3.35. The number of hydrazine groups is 1. The number of rotatable bonds is 4. The highest BCUT2D eigenvalue weighted by Crippen LogP contribution is 2.24. The molecule has 1 amide bonds. The summed E-state index contributed by atoms with van der Waals surface area (Å²) in [6.07, 6.45) is 3.01. The Balaban J connectivity index is 1.61. The topological polar surface area (TPSA) is 111 Å². The maximum Gasteiger partial charge on any atom is 0.270 e. The number of nitrogens with two attached hydrogens (primary N) is 1. The number of para-hydroxylation sites is 2. The Morgan fingerprint density at radius 2 is 1.81 bits per heavy atom. The van der Waals surface area contributed by atoms with Gasteiger partial charge in [-0.15, -0.1) is 0 Å². The number of halogens is 1. The molecule has 0 atom stereocenters. The Bertz CT molecular complexity index is 1140. The molecule has 0 fully saturated rings. The van der Waals surface area contributed by atoms with Crippen LogP contribution in [0.2, 0.25) is 0 Å². The minimum Gasteiger partial charge on any atom is -0.393 e. The molecule has 8 nitrogen and oxygen atoms in total. The summed E-state index contributed by atoms with van der Waals surface area (Å²) in [5.41, 5.74) is 14.0. The van der Waals surface area contributed by atoms with Crippen LogP contribution in [0.5, 0.6) is 0 Å². The summed E-state index contributed by atoms with van der Waals surface area (Å²) in [7, 11) is 0. The predicted molar refractivity (Wildman–Crippen MR) is 106 cm³/mol. The zero-order valence-electron chi connectivity index (χ0n) is 13.9. The van der Waals surface area contributed by atoms with Gasteiger partial charge in [0.05, 0.1) is 16.6 Å². The van der Waals surface area contributed by atoms with Gasteiger partial charge in [-0.05, 0) is 40.2 Å². The molecule has 2 heterocycles. The molecule has 2 aromatic carbocycles. The molecule has 0 radical (unpaired) electrons. The van der Waals surface area contributed by atoms with E-state index in [2.05, 4.69) is 41.7 Å². The van der Waals surface area contributed by atoms with E-state index >= 15 is 0 Å². The van der Waals surface area contributed by atoms with Gasteiger partial charge < -0.3 is 5.73 Å². The molecule has 0 saturated heterocycles. The Hall–Kier alpha value is -3.46. The van der Waals surface area contributed by atoms with Crippen LogP contribution in [-0.2, 0) is 0 Å². The van der Waals surface area contributed by atoms with Crippen LogP contribution < -0.4 is 16.6 Å². The number of nitrogen functional groups attached to an aromatic ring is 1. The minimum atomic E-state index is -0.324. The van der Waals surface area contributed by atoms with Crippen molar-refractivity contribution in [3.8, 4) is 5.82 Å². The van der Waals surface area contributed by atoms with E-state index < -0.39 is 0 Å². The van der Waals surface area contributed by atoms with Gasteiger partial charge in [-0.2, -0.15) is 0 Å². The number of nitrogens with one attached hydrogen (secondary N) is 2. The second kappa shape index (κ2) is 7.04. The van der Waals surface area contributed by atoms with Gasteiger partial charge in [-0.3, -0.25) is 20.2 Å². The van der Waals surface area contributed by atoms with Crippen molar-refractivity contribution >= 4 is 44.4 Å². The second-order valence-electron chi connectivity index (χ2n) is 5.62. The molecule has 2 aromatic heterocycles. The number of benzene rings is 2. The van der Waals surface area contributed by atoms with Gasteiger partial charge in [0.15, 0.2) is 11.6 Å². The van der Waals surface area contributed by atoms with Gasteiger partial charge in [-0.25, -0.2) is 15.0 Å². The van der Waals surface area contributed by atoms with Crippen molar-refractivity contribution < 1.29 is 4.79 Å². The van der Waals surface area contributed by atoms with Crippen molar-refractivity contribution in [2.24, 2.45) is 0 Å². The number of anilines is 2. The quantitative estimate of drug-likeness (QED) is 0.435. The summed E-state index contributed by atoms with van der Waals surface area (Å²) in [6, 6.07) is 14.7. The monoisotopic (exact) mass is 423 g/mol. The van der Waals surface area contributed by atoms with Crippen LogP contribution in [0.15, 0.2) is 65.7 Å². The van der Waals surface area contributed by atoms with E-state index in [0.717, 1.165) is 11.0 Å². The lowest BCUT2D eigenvalue weighted by Gasteiger charge is -2.13. The normalized spacial score (nSPS) is 10.7. The summed E-state index contributed by atoms with van der Waals surface area (Å²) in [5, 5.41) is 0. The Labute approximate surface area is 162 Å². The molecule has 0 spiro atoms. The maximum absolute atomic E-state index is 12.3. The summed E-state index contributed by atoms with van der Waals surface area (Å²) in [5.74, 6) is 0.435. The molecule has 4 N–H and O–H groups in total. The summed E-state index contributed by atoms with van der Waals surface area (Å²) in [4.78, 5) is 25.0. The van der Waals surface area contributed by atoms with Gasteiger partial charge in [-0.1, -0.05) is 24.3 Å². The first-order valence-corrected chi connectivity index (χ1v) is 8.78. The lowest BCUT2D eigenvalue weighted by Crippen LogP contribution is -2.30. The number of hydrogen-bond donors (Lipinski definition) is 3. The van der Waals surface area contributed by atoms with Crippen molar-refractivity contribution in [2.45, 2.75) is 0 Å². The van der Waals surface area contributed by atoms with Gasteiger partial charge in [0.2, 0.25) is 0 Å². The minimum absolute atomic E-state index is 0.285. The van der Waals surface area contributed by atoms with Crippen LogP contribution in [0.1, 0.15) is 10.4 Å². The van der Waals surface area contributed by atoms with Gasteiger partial charge in [0, 0.05) is 4.47 Å². The number of imidazole rings is 1. The van der Waals surface area contributed by atoms with E-state index in [-0.39, 0.29) is 17.4 Å². The van der Waals surface area contributed by atoms with Crippen LogP contribution in [0, 0.1) is 0 Å². The van der Waals surface area contributed by atoms with E-state index in [4.69, 9.17) is 5.73 Å². The molecule has 0 aliphatic heterocycles. The standard InChI is InChI=1S/C18H14BrN7O/c19-12-6-2-1-5-11(12)18(27)25-24-16-15(20)17(22-9-21-16)26-10-23-13-7-3-4-8-14(13)26/h1-10H,20H2,(H,25,27)(H,21,22,24). The average Bonchev–Trinajstić information content (AvgIpc) is 3.11. The Morgan fingerprint density at radius 1 is 1.04 bits per heavy atom.